The normalized spacial score (nSPS) is 13.7. The van der Waals surface area contributed by atoms with Crippen LogP contribution >= 0.6 is 23.2 Å². The maximum absolute atomic E-state index is 13.1. The fraction of sp³-hybridized carbons (Fsp3) is 0.333. The third-order valence-electron chi connectivity index (χ3n) is 7.74. The van der Waals surface area contributed by atoms with E-state index in [1.54, 1.807) is 41.0 Å². The molecule has 0 bridgehead atoms. The van der Waals surface area contributed by atoms with Crippen LogP contribution in [0, 0.1) is 0 Å². The van der Waals surface area contributed by atoms with Crippen molar-refractivity contribution >= 4 is 52.6 Å². The Bertz CT molecular complexity index is 1710. The Balaban J connectivity index is 1.27. The number of carbonyl (C=O) groups excluding carboxylic acids is 2. The topological polar surface area (TPSA) is 123 Å². The first kappa shape index (κ1) is 32.9. The van der Waals surface area contributed by atoms with Gasteiger partial charge in [0.2, 0.25) is 0 Å². The van der Waals surface area contributed by atoms with Gasteiger partial charge in [-0.25, -0.2) is 19.3 Å². The van der Waals surface area contributed by atoms with Crippen LogP contribution in [0.15, 0.2) is 60.8 Å². The summed E-state index contributed by atoms with van der Waals surface area (Å²) in [5.74, 6) is 2.21. The summed E-state index contributed by atoms with van der Waals surface area (Å²) in [5.41, 5.74) is 1.69. The molecule has 5 rings (SSSR count). The van der Waals surface area contributed by atoms with E-state index in [9.17, 15) is 9.59 Å². The highest BCUT2D eigenvalue weighted by Gasteiger charge is 2.35. The molecule has 4 aromatic rings. The minimum Gasteiger partial charge on any atom is -0.497 e. The summed E-state index contributed by atoms with van der Waals surface area (Å²) in [4.78, 5) is 32.0. The van der Waals surface area contributed by atoms with Crippen LogP contribution in [0.1, 0.15) is 52.1 Å². The Morgan fingerprint density at radius 3 is 2.46 bits per heavy atom. The average molecular weight is 667 g/mol. The van der Waals surface area contributed by atoms with Crippen LogP contribution in [0.25, 0.3) is 5.69 Å². The van der Waals surface area contributed by atoms with Crippen molar-refractivity contribution in [2.45, 2.75) is 58.4 Å². The molecule has 0 unspecified atom stereocenters. The minimum absolute atomic E-state index is 0.0976. The first-order chi connectivity index (χ1) is 22.1. The molecule has 1 aliphatic rings. The second-order valence-corrected chi connectivity index (χ2v) is 12.3. The number of aryl methyl sites for hydroxylation is 1. The van der Waals surface area contributed by atoms with Gasteiger partial charge in [0.05, 0.1) is 29.2 Å². The first-order valence-electron chi connectivity index (χ1n) is 15.1. The van der Waals surface area contributed by atoms with Gasteiger partial charge in [0.1, 0.15) is 33.9 Å². The van der Waals surface area contributed by atoms with Crippen molar-refractivity contribution in [1.82, 2.24) is 19.7 Å². The molecule has 2 aromatic carbocycles. The summed E-state index contributed by atoms with van der Waals surface area (Å²) in [6, 6.07) is 14.9. The number of amides is 4. The fourth-order valence-electron chi connectivity index (χ4n) is 5.23. The van der Waals surface area contributed by atoms with Crippen molar-refractivity contribution in [2.24, 2.45) is 0 Å². The number of benzene rings is 2. The summed E-state index contributed by atoms with van der Waals surface area (Å²) >= 11 is 13.1. The molecule has 13 heteroatoms. The third kappa shape index (κ3) is 7.66. The van der Waals surface area contributed by atoms with Crippen molar-refractivity contribution in [3.05, 3.63) is 76.5 Å². The summed E-state index contributed by atoms with van der Waals surface area (Å²) < 4.78 is 12.9. The van der Waals surface area contributed by atoms with E-state index in [1.807, 2.05) is 44.2 Å². The number of aromatic nitrogens is 3. The lowest BCUT2D eigenvalue weighted by Crippen LogP contribution is -2.45. The van der Waals surface area contributed by atoms with Crippen molar-refractivity contribution in [3.63, 3.8) is 0 Å². The van der Waals surface area contributed by atoms with Crippen molar-refractivity contribution in [2.75, 3.05) is 29.6 Å². The largest absolute Gasteiger partial charge is 0.497 e. The highest BCUT2D eigenvalue weighted by atomic mass is 35.5. The van der Waals surface area contributed by atoms with Crippen LogP contribution in [0.3, 0.4) is 0 Å². The van der Waals surface area contributed by atoms with Gasteiger partial charge in [-0.1, -0.05) is 36.5 Å². The molecule has 1 saturated heterocycles. The van der Waals surface area contributed by atoms with E-state index in [0.29, 0.717) is 29.7 Å². The first-order valence-corrected chi connectivity index (χ1v) is 15.9. The number of carbonyl (C=O) groups is 2. The number of likely N-dealkylation sites (tertiary alicyclic amines) is 1. The predicted octanol–water partition coefficient (Wildman–Crippen LogP) is 8.77. The maximum Gasteiger partial charge on any atom is 0.324 e. The summed E-state index contributed by atoms with van der Waals surface area (Å²) in [6.07, 6.45) is 6.20. The molecule has 3 heterocycles. The van der Waals surface area contributed by atoms with Crippen LogP contribution in [0.4, 0.5) is 26.9 Å². The number of halogens is 2. The molecule has 0 aliphatic carbocycles. The molecule has 0 radical (unpaired) electrons. The Morgan fingerprint density at radius 2 is 1.76 bits per heavy atom. The summed E-state index contributed by atoms with van der Waals surface area (Å²) in [6.45, 7) is 6.89. The fourth-order valence-corrected chi connectivity index (χ4v) is 5.63. The van der Waals surface area contributed by atoms with Crippen molar-refractivity contribution in [1.29, 1.82) is 0 Å². The predicted molar refractivity (Wildman–Crippen MR) is 181 cm³/mol. The number of urea groups is 2. The SMILES string of the molecule is CCCCc1cc(NC(=O)Nc2ccc(Oc3ccnc(NC(=O)N4CCCC4(C)C)c3)c(Cl)c2Cl)n(-c2ccc(OC)cc2)n1. The highest BCUT2D eigenvalue weighted by molar-refractivity contribution is 6.45. The number of hydrogen-bond donors (Lipinski definition) is 3. The highest BCUT2D eigenvalue weighted by Crippen LogP contribution is 2.40. The molecule has 0 spiro atoms. The van der Waals surface area contributed by atoms with Gasteiger partial charge in [-0.2, -0.15) is 5.10 Å². The van der Waals surface area contributed by atoms with Gasteiger partial charge in [0.25, 0.3) is 0 Å². The molecule has 2 aromatic heterocycles. The number of hydrogen-bond acceptors (Lipinski definition) is 6. The van der Waals surface area contributed by atoms with E-state index < -0.39 is 6.03 Å². The molecule has 0 atom stereocenters. The summed E-state index contributed by atoms with van der Waals surface area (Å²) in [7, 11) is 1.60. The lowest BCUT2D eigenvalue weighted by molar-refractivity contribution is 0.178. The zero-order valence-electron chi connectivity index (χ0n) is 26.2. The van der Waals surface area contributed by atoms with Crippen molar-refractivity contribution in [3.8, 4) is 22.9 Å². The van der Waals surface area contributed by atoms with Crippen LogP contribution < -0.4 is 25.4 Å². The smallest absolute Gasteiger partial charge is 0.324 e. The molecular weight excluding hydrogens is 629 g/mol. The Labute approximate surface area is 278 Å². The lowest BCUT2D eigenvalue weighted by Gasteiger charge is -2.31. The second kappa shape index (κ2) is 14.3. The lowest BCUT2D eigenvalue weighted by atomic mass is 10.0. The summed E-state index contributed by atoms with van der Waals surface area (Å²) in [5, 5.41) is 13.4. The van der Waals surface area contributed by atoms with Crippen LogP contribution in [-0.2, 0) is 6.42 Å². The Hall–Kier alpha value is -4.48. The van der Waals surface area contributed by atoms with E-state index in [0.717, 1.165) is 43.5 Å². The van der Waals surface area contributed by atoms with Crippen LogP contribution in [0.5, 0.6) is 17.2 Å². The van der Waals surface area contributed by atoms with E-state index in [4.69, 9.17) is 37.8 Å². The molecule has 4 amide bonds. The van der Waals surface area contributed by atoms with E-state index in [2.05, 4.69) is 27.9 Å². The van der Waals surface area contributed by atoms with E-state index >= 15 is 0 Å². The van der Waals surface area contributed by atoms with Gasteiger partial charge >= 0.3 is 12.1 Å². The average Bonchev–Trinajstić information content (AvgIpc) is 3.61. The van der Waals surface area contributed by atoms with Crippen LogP contribution in [-0.4, -0.2) is 50.9 Å². The van der Waals surface area contributed by atoms with Crippen LogP contribution in [0.2, 0.25) is 10.0 Å². The van der Waals surface area contributed by atoms with Gasteiger partial charge in [-0.3, -0.25) is 10.6 Å². The number of ether oxygens (including phenoxy) is 2. The molecule has 1 aliphatic heterocycles. The van der Waals surface area contributed by atoms with Gasteiger partial charge in [0.15, 0.2) is 0 Å². The third-order valence-corrected chi connectivity index (χ3v) is 8.61. The number of methoxy groups -OCH3 is 1. The second-order valence-electron chi connectivity index (χ2n) is 11.5. The molecular formula is C33H37Cl2N7O4. The minimum atomic E-state index is -0.529. The number of nitrogens with zero attached hydrogens (tertiary/aromatic N) is 4. The molecule has 11 nitrogen and oxygen atoms in total. The van der Waals surface area contributed by atoms with E-state index in [-0.39, 0.29) is 33.1 Å². The Morgan fingerprint density at radius 1 is 0.978 bits per heavy atom. The molecule has 46 heavy (non-hydrogen) atoms. The van der Waals surface area contributed by atoms with E-state index in [1.165, 1.54) is 6.20 Å². The standard InChI is InChI=1S/C33H37Cl2N7O4/c1-5-6-8-21-19-28(42(40-21)22-9-11-23(45-4)12-10-22)39-31(43)37-25-13-14-26(30(35)29(25)34)46-24-15-17-36-27(20-24)38-32(44)41-18-7-16-33(41,2)3/h9-15,17,19-20H,5-8,16,18H2,1-4H3,(H,36,38,44)(H2,37,39,43). The number of unbranched alkanes of at least 4 members (excludes halogenated alkanes) is 1. The maximum atomic E-state index is 13.1. The van der Waals surface area contributed by atoms with Gasteiger partial charge in [0, 0.05) is 30.4 Å². The van der Waals surface area contributed by atoms with Gasteiger partial charge < -0.3 is 19.7 Å². The zero-order valence-corrected chi connectivity index (χ0v) is 27.7. The van der Waals surface area contributed by atoms with Gasteiger partial charge in [-0.05, 0) is 82.0 Å². The quantitative estimate of drug-likeness (QED) is 0.156. The van der Waals surface area contributed by atoms with Crippen molar-refractivity contribution < 1.29 is 19.1 Å². The van der Waals surface area contributed by atoms with Gasteiger partial charge in [-0.15, -0.1) is 0 Å². The molecule has 242 valence electrons. The monoisotopic (exact) mass is 665 g/mol. The number of pyridine rings is 1. The number of nitrogens with one attached hydrogen (secondary N) is 3. The molecule has 1 fully saturated rings. The zero-order chi connectivity index (χ0) is 32.8. The number of rotatable bonds is 10. The molecule has 3 N–H and O–H groups in total. The Kier molecular flexibility index (Phi) is 10.2. The molecule has 0 saturated carbocycles. The number of anilines is 3.